The van der Waals surface area contributed by atoms with Crippen LogP contribution in [0.4, 0.5) is 0 Å². The molecular formula is C25H27ClN2O4S. The van der Waals surface area contributed by atoms with Crippen molar-refractivity contribution in [1.29, 1.82) is 0 Å². The molecule has 0 fully saturated rings. The molecule has 0 aliphatic heterocycles. The van der Waals surface area contributed by atoms with E-state index in [0.717, 1.165) is 11.1 Å². The van der Waals surface area contributed by atoms with E-state index in [2.05, 4.69) is 10.0 Å². The van der Waals surface area contributed by atoms with E-state index in [9.17, 15) is 13.2 Å². The van der Waals surface area contributed by atoms with Gasteiger partial charge in [-0.15, -0.1) is 0 Å². The van der Waals surface area contributed by atoms with Crippen molar-refractivity contribution in [2.45, 2.75) is 30.7 Å². The Morgan fingerprint density at radius 2 is 1.61 bits per heavy atom. The number of hydrogen-bond donors (Lipinski definition) is 2. The fourth-order valence-electron chi connectivity index (χ4n) is 3.31. The van der Waals surface area contributed by atoms with Crippen LogP contribution in [0.25, 0.3) is 0 Å². The summed E-state index contributed by atoms with van der Waals surface area (Å²) in [6.45, 7) is 2.62. The number of sulfonamides is 1. The third kappa shape index (κ3) is 7.32. The van der Waals surface area contributed by atoms with Crippen LogP contribution in [0.1, 0.15) is 18.1 Å². The number of halogens is 1. The predicted octanol–water partition coefficient (Wildman–Crippen LogP) is 3.99. The van der Waals surface area contributed by atoms with Gasteiger partial charge < -0.3 is 10.1 Å². The molecule has 3 aromatic carbocycles. The van der Waals surface area contributed by atoms with Gasteiger partial charge in [0, 0.05) is 6.54 Å². The van der Waals surface area contributed by atoms with Crippen LogP contribution in [-0.4, -0.2) is 33.5 Å². The molecule has 0 aromatic heterocycles. The van der Waals surface area contributed by atoms with Crippen LogP contribution in [0.3, 0.4) is 0 Å². The maximum atomic E-state index is 13.1. The number of hydrogen-bond acceptors (Lipinski definition) is 4. The minimum atomic E-state index is -4.01. The number of carbonyl (C=O) groups excluding carboxylic acids is 1. The summed E-state index contributed by atoms with van der Waals surface area (Å²) < 4.78 is 34.0. The van der Waals surface area contributed by atoms with E-state index < -0.39 is 22.0 Å². The van der Waals surface area contributed by atoms with E-state index in [0.29, 0.717) is 25.3 Å². The molecule has 0 unspecified atom stereocenters. The van der Waals surface area contributed by atoms with Gasteiger partial charge in [0.2, 0.25) is 15.9 Å². The van der Waals surface area contributed by atoms with E-state index in [1.54, 1.807) is 0 Å². The topological polar surface area (TPSA) is 84.5 Å². The molecule has 8 heteroatoms. The maximum absolute atomic E-state index is 13.1. The Hall–Kier alpha value is -2.87. The zero-order valence-electron chi connectivity index (χ0n) is 18.3. The minimum Gasteiger partial charge on any atom is -0.492 e. The van der Waals surface area contributed by atoms with E-state index >= 15 is 0 Å². The highest BCUT2D eigenvalue weighted by Crippen LogP contribution is 2.27. The fourth-order valence-corrected chi connectivity index (χ4v) is 4.83. The first kappa shape index (κ1) is 24.8. The molecule has 2 N–H and O–H groups in total. The number of ether oxygens (including phenoxy) is 1. The van der Waals surface area contributed by atoms with Crippen molar-refractivity contribution in [3.05, 3.63) is 95.0 Å². The first-order valence-electron chi connectivity index (χ1n) is 10.7. The number of nitrogens with one attached hydrogen (secondary N) is 2. The van der Waals surface area contributed by atoms with Gasteiger partial charge in [-0.1, -0.05) is 72.3 Å². The molecule has 0 heterocycles. The van der Waals surface area contributed by atoms with Gasteiger partial charge >= 0.3 is 0 Å². The zero-order chi connectivity index (χ0) is 23.7. The van der Waals surface area contributed by atoms with Gasteiger partial charge in [-0.2, -0.15) is 4.72 Å². The largest absolute Gasteiger partial charge is 0.492 e. The average Bonchev–Trinajstić information content (AvgIpc) is 2.81. The molecule has 0 saturated heterocycles. The van der Waals surface area contributed by atoms with E-state index in [-0.39, 0.29) is 16.3 Å². The van der Waals surface area contributed by atoms with Crippen molar-refractivity contribution in [2.24, 2.45) is 0 Å². The highest BCUT2D eigenvalue weighted by atomic mass is 35.5. The molecular weight excluding hydrogens is 460 g/mol. The summed E-state index contributed by atoms with van der Waals surface area (Å²) in [5.74, 6) is 0.00741. The molecule has 1 atom stereocenters. The lowest BCUT2D eigenvalue weighted by atomic mass is 10.1. The van der Waals surface area contributed by atoms with Crippen LogP contribution in [0.5, 0.6) is 5.75 Å². The average molecular weight is 487 g/mol. The molecule has 3 aromatic rings. The molecule has 0 aliphatic rings. The highest BCUT2D eigenvalue weighted by Gasteiger charge is 2.26. The van der Waals surface area contributed by atoms with E-state index in [4.69, 9.17) is 16.3 Å². The van der Waals surface area contributed by atoms with E-state index in [1.807, 2.05) is 67.6 Å². The third-order valence-electron chi connectivity index (χ3n) is 4.97. The molecule has 0 radical (unpaired) electrons. The number of amides is 1. The molecule has 0 spiro atoms. The summed E-state index contributed by atoms with van der Waals surface area (Å²) in [5, 5.41) is 3.04. The van der Waals surface area contributed by atoms with Gasteiger partial charge in [-0.3, -0.25) is 4.79 Å². The van der Waals surface area contributed by atoms with Crippen molar-refractivity contribution in [3.63, 3.8) is 0 Å². The van der Waals surface area contributed by atoms with Gasteiger partial charge in [0.1, 0.15) is 11.8 Å². The van der Waals surface area contributed by atoms with Crippen LogP contribution in [0.2, 0.25) is 5.02 Å². The van der Waals surface area contributed by atoms with Crippen molar-refractivity contribution in [1.82, 2.24) is 10.0 Å². The van der Waals surface area contributed by atoms with Crippen LogP contribution < -0.4 is 14.8 Å². The Bertz CT molecular complexity index is 1160. The van der Waals surface area contributed by atoms with Gasteiger partial charge in [0.25, 0.3) is 0 Å². The number of benzene rings is 3. The molecule has 0 bridgehead atoms. The summed E-state index contributed by atoms with van der Waals surface area (Å²) in [4.78, 5) is 12.9. The zero-order valence-corrected chi connectivity index (χ0v) is 19.9. The Morgan fingerprint density at radius 1 is 0.970 bits per heavy atom. The normalized spacial score (nSPS) is 12.2. The molecule has 0 aliphatic carbocycles. The van der Waals surface area contributed by atoms with Crippen LogP contribution >= 0.6 is 11.6 Å². The van der Waals surface area contributed by atoms with E-state index in [1.165, 1.54) is 18.2 Å². The first-order valence-corrected chi connectivity index (χ1v) is 12.6. The molecule has 6 nitrogen and oxygen atoms in total. The summed E-state index contributed by atoms with van der Waals surface area (Å²) in [6.07, 6.45) is 0.855. The minimum absolute atomic E-state index is 0.0360. The van der Waals surface area contributed by atoms with Crippen molar-refractivity contribution >= 4 is 27.5 Å². The Morgan fingerprint density at radius 3 is 2.21 bits per heavy atom. The van der Waals surface area contributed by atoms with Gasteiger partial charge in [-0.25, -0.2) is 8.42 Å². The summed E-state index contributed by atoms with van der Waals surface area (Å²) >= 11 is 6.17. The third-order valence-corrected chi connectivity index (χ3v) is 6.73. The van der Waals surface area contributed by atoms with Gasteiger partial charge in [0.15, 0.2) is 0 Å². The molecule has 0 saturated carbocycles. The van der Waals surface area contributed by atoms with Crippen molar-refractivity contribution < 1.29 is 17.9 Å². The maximum Gasteiger partial charge on any atom is 0.241 e. The van der Waals surface area contributed by atoms with Crippen LogP contribution in [-0.2, 0) is 27.7 Å². The second-order valence-corrected chi connectivity index (χ2v) is 9.54. The van der Waals surface area contributed by atoms with Crippen LogP contribution in [0.15, 0.2) is 83.8 Å². The standard InChI is InChI=1S/C25H27ClN2O4S/c1-2-32-24-14-13-21(18-22(24)26)33(30,31)28-23(17-20-11-7-4-8-12-20)25(29)27-16-15-19-9-5-3-6-10-19/h3-14,18,23,28H,2,15-17H2,1H3,(H,27,29)/t23-/m0/s1. The molecule has 33 heavy (non-hydrogen) atoms. The predicted molar refractivity (Wildman–Crippen MR) is 130 cm³/mol. The number of carbonyl (C=O) groups is 1. The van der Waals surface area contributed by atoms with Crippen molar-refractivity contribution in [3.8, 4) is 5.75 Å². The summed E-state index contributed by atoms with van der Waals surface area (Å²) in [5.41, 5.74) is 1.93. The lowest BCUT2D eigenvalue weighted by molar-refractivity contribution is -0.122. The second kappa shape index (κ2) is 11.8. The Kier molecular flexibility index (Phi) is 8.88. The smallest absolute Gasteiger partial charge is 0.241 e. The summed E-state index contributed by atoms with van der Waals surface area (Å²) in [6, 6.07) is 22.3. The number of rotatable bonds is 11. The van der Waals surface area contributed by atoms with Gasteiger partial charge in [0.05, 0.1) is 16.5 Å². The first-order chi connectivity index (χ1) is 15.9. The van der Waals surface area contributed by atoms with Gasteiger partial charge in [-0.05, 0) is 49.1 Å². The van der Waals surface area contributed by atoms with Crippen LogP contribution in [0, 0.1) is 0 Å². The molecule has 174 valence electrons. The molecule has 1 amide bonds. The lowest BCUT2D eigenvalue weighted by Gasteiger charge is -2.19. The summed E-state index contributed by atoms with van der Waals surface area (Å²) in [7, 11) is -4.01. The highest BCUT2D eigenvalue weighted by molar-refractivity contribution is 7.89. The quantitative estimate of drug-likeness (QED) is 0.429. The second-order valence-electron chi connectivity index (χ2n) is 7.42. The monoisotopic (exact) mass is 486 g/mol. The Balaban J connectivity index is 1.75. The fraction of sp³-hybridized carbons (Fsp3) is 0.240. The lowest BCUT2D eigenvalue weighted by Crippen LogP contribution is -2.48. The molecule has 3 rings (SSSR count). The Labute approximate surface area is 200 Å². The van der Waals surface area contributed by atoms with Crippen molar-refractivity contribution in [2.75, 3.05) is 13.2 Å². The SMILES string of the molecule is CCOc1ccc(S(=O)(=O)N[C@@H](Cc2ccccc2)C(=O)NCCc2ccccc2)cc1Cl.